The van der Waals surface area contributed by atoms with Crippen molar-refractivity contribution in [2.24, 2.45) is 5.92 Å². The van der Waals surface area contributed by atoms with Crippen LogP contribution in [0, 0.1) is 19.8 Å². The van der Waals surface area contributed by atoms with Gasteiger partial charge in [-0.25, -0.2) is 0 Å². The Kier molecular flexibility index (Phi) is 5.02. The number of amides is 2. The van der Waals surface area contributed by atoms with E-state index in [0.717, 1.165) is 16.8 Å². The van der Waals surface area contributed by atoms with Crippen molar-refractivity contribution < 1.29 is 9.59 Å². The number of benzene rings is 2. The van der Waals surface area contributed by atoms with E-state index in [4.69, 9.17) is 23.2 Å². The summed E-state index contributed by atoms with van der Waals surface area (Å²) in [5.74, 6) is -0.673. The Labute approximate surface area is 156 Å². The van der Waals surface area contributed by atoms with Gasteiger partial charge in [0, 0.05) is 34.4 Å². The van der Waals surface area contributed by atoms with Crippen LogP contribution in [0.5, 0.6) is 0 Å². The summed E-state index contributed by atoms with van der Waals surface area (Å²) in [6.07, 6.45) is 0.178. The Balaban J connectivity index is 1.74. The van der Waals surface area contributed by atoms with Crippen LogP contribution in [0.4, 0.5) is 11.4 Å². The molecule has 0 saturated carbocycles. The first-order valence-electron chi connectivity index (χ1n) is 7.98. The van der Waals surface area contributed by atoms with Crippen LogP contribution in [0.25, 0.3) is 0 Å². The third-order valence-corrected chi connectivity index (χ3v) is 5.06. The van der Waals surface area contributed by atoms with Crippen LogP contribution in [-0.4, -0.2) is 18.4 Å². The molecule has 0 bridgehead atoms. The molecule has 0 unspecified atom stereocenters. The van der Waals surface area contributed by atoms with Crippen molar-refractivity contribution in [2.45, 2.75) is 20.3 Å². The molecule has 1 atom stereocenters. The van der Waals surface area contributed by atoms with Crippen molar-refractivity contribution in [3.63, 3.8) is 0 Å². The zero-order valence-corrected chi connectivity index (χ0v) is 15.5. The van der Waals surface area contributed by atoms with Gasteiger partial charge in [-0.15, -0.1) is 0 Å². The van der Waals surface area contributed by atoms with E-state index in [-0.39, 0.29) is 18.2 Å². The van der Waals surface area contributed by atoms with Crippen molar-refractivity contribution in [1.82, 2.24) is 0 Å². The summed E-state index contributed by atoms with van der Waals surface area (Å²) in [4.78, 5) is 26.5. The molecule has 0 aromatic heterocycles. The largest absolute Gasteiger partial charge is 0.325 e. The minimum Gasteiger partial charge on any atom is -0.325 e. The zero-order valence-electron chi connectivity index (χ0n) is 14.0. The zero-order chi connectivity index (χ0) is 18.1. The number of carbonyl (C=O) groups excluding carboxylic acids is 2. The summed E-state index contributed by atoms with van der Waals surface area (Å²) in [6.45, 7) is 4.14. The SMILES string of the molecule is Cc1ccc(N2C[C@H](C(=O)Nc3cc(Cl)ccc3C)CC2=O)cc1Cl. The first-order chi connectivity index (χ1) is 11.8. The number of hydrogen-bond donors (Lipinski definition) is 1. The summed E-state index contributed by atoms with van der Waals surface area (Å²) in [7, 11) is 0. The topological polar surface area (TPSA) is 49.4 Å². The molecule has 6 heteroatoms. The maximum Gasteiger partial charge on any atom is 0.229 e. The summed E-state index contributed by atoms with van der Waals surface area (Å²) < 4.78 is 0. The molecule has 3 rings (SSSR count). The number of carbonyl (C=O) groups is 2. The average molecular weight is 377 g/mol. The molecule has 130 valence electrons. The molecular weight excluding hydrogens is 359 g/mol. The Bertz CT molecular complexity index is 851. The fraction of sp³-hybridized carbons (Fsp3) is 0.263. The molecule has 0 aliphatic carbocycles. The second-order valence-electron chi connectivity index (χ2n) is 6.29. The van der Waals surface area contributed by atoms with Crippen LogP contribution in [0.3, 0.4) is 0 Å². The fourth-order valence-electron chi connectivity index (χ4n) is 2.85. The van der Waals surface area contributed by atoms with Crippen molar-refractivity contribution >= 4 is 46.4 Å². The molecule has 1 aliphatic rings. The van der Waals surface area contributed by atoms with Gasteiger partial charge in [-0.1, -0.05) is 35.3 Å². The number of nitrogens with zero attached hydrogens (tertiary/aromatic N) is 1. The van der Waals surface area contributed by atoms with Gasteiger partial charge < -0.3 is 10.2 Å². The molecule has 4 nitrogen and oxygen atoms in total. The lowest BCUT2D eigenvalue weighted by Gasteiger charge is -2.18. The molecule has 1 fully saturated rings. The van der Waals surface area contributed by atoms with Gasteiger partial charge in [0.05, 0.1) is 5.92 Å². The number of rotatable bonds is 3. The fourth-order valence-corrected chi connectivity index (χ4v) is 3.19. The lowest BCUT2D eigenvalue weighted by molar-refractivity contribution is -0.122. The van der Waals surface area contributed by atoms with E-state index in [0.29, 0.717) is 22.3 Å². The molecule has 1 saturated heterocycles. The van der Waals surface area contributed by atoms with Gasteiger partial charge in [-0.3, -0.25) is 9.59 Å². The van der Waals surface area contributed by atoms with Gasteiger partial charge in [0.1, 0.15) is 0 Å². The first-order valence-corrected chi connectivity index (χ1v) is 8.74. The van der Waals surface area contributed by atoms with Gasteiger partial charge in [0.15, 0.2) is 0 Å². The minimum atomic E-state index is -0.411. The standard InChI is InChI=1S/C19H18Cl2N2O2/c1-11-4-6-15(9-16(11)21)23-10-13(7-18(23)24)19(25)22-17-8-14(20)5-3-12(17)2/h3-6,8-9,13H,7,10H2,1-2H3,(H,22,25)/t13-/m1/s1. The molecule has 25 heavy (non-hydrogen) atoms. The lowest BCUT2D eigenvalue weighted by atomic mass is 10.1. The molecule has 0 radical (unpaired) electrons. The van der Waals surface area contributed by atoms with E-state index < -0.39 is 5.92 Å². The van der Waals surface area contributed by atoms with E-state index in [1.165, 1.54) is 0 Å². The summed E-state index contributed by atoms with van der Waals surface area (Å²) in [5, 5.41) is 4.04. The predicted molar refractivity (Wildman–Crippen MR) is 101 cm³/mol. The van der Waals surface area contributed by atoms with E-state index in [2.05, 4.69) is 5.32 Å². The highest BCUT2D eigenvalue weighted by atomic mass is 35.5. The van der Waals surface area contributed by atoms with Crippen molar-refractivity contribution in [1.29, 1.82) is 0 Å². The Morgan fingerprint density at radius 1 is 1.12 bits per heavy atom. The van der Waals surface area contributed by atoms with E-state index in [9.17, 15) is 9.59 Å². The van der Waals surface area contributed by atoms with Crippen molar-refractivity contribution in [3.05, 3.63) is 57.6 Å². The number of aryl methyl sites for hydroxylation is 2. The molecule has 2 amide bonds. The molecule has 1 heterocycles. The number of nitrogens with one attached hydrogen (secondary N) is 1. The smallest absolute Gasteiger partial charge is 0.229 e. The van der Waals surface area contributed by atoms with Crippen molar-refractivity contribution in [2.75, 3.05) is 16.8 Å². The molecular formula is C19H18Cl2N2O2. The second kappa shape index (κ2) is 7.06. The van der Waals surface area contributed by atoms with Gasteiger partial charge in [-0.2, -0.15) is 0 Å². The molecule has 1 aliphatic heterocycles. The van der Waals surface area contributed by atoms with Crippen LogP contribution >= 0.6 is 23.2 Å². The highest BCUT2D eigenvalue weighted by molar-refractivity contribution is 6.31. The number of hydrogen-bond acceptors (Lipinski definition) is 2. The third-order valence-electron chi connectivity index (χ3n) is 4.42. The highest BCUT2D eigenvalue weighted by Gasteiger charge is 2.35. The Hall–Kier alpha value is -2.04. The van der Waals surface area contributed by atoms with E-state index >= 15 is 0 Å². The predicted octanol–water partition coefficient (Wildman–Crippen LogP) is 4.60. The van der Waals surface area contributed by atoms with Crippen LogP contribution < -0.4 is 10.2 Å². The van der Waals surface area contributed by atoms with Gasteiger partial charge in [0.2, 0.25) is 11.8 Å². The van der Waals surface area contributed by atoms with Gasteiger partial charge >= 0.3 is 0 Å². The summed E-state index contributed by atoms with van der Waals surface area (Å²) in [6, 6.07) is 10.8. The monoisotopic (exact) mass is 376 g/mol. The molecule has 1 N–H and O–H groups in total. The molecule has 0 spiro atoms. The first kappa shape index (κ1) is 17.8. The Morgan fingerprint density at radius 3 is 2.56 bits per heavy atom. The maximum atomic E-state index is 12.6. The molecule has 2 aromatic carbocycles. The van der Waals surface area contributed by atoms with Crippen LogP contribution in [0.15, 0.2) is 36.4 Å². The minimum absolute atomic E-state index is 0.0807. The van der Waals surface area contributed by atoms with E-state index in [1.54, 1.807) is 23.1 Å². The normalized spacial score (nSPS) is 17.0. The van der Waals surface area contributed by atoms with E-state index in [1.807, 2.05) is 32.0 Å². The maximum absolute atomic E-state index is 12.6. The van der Waals surface area contributed by atoms with Crippen molar-refractivity contribution in [3.8, 4) is 0 Å². The van der Waals surface area contributed by atoms with Gasteiger partial charge in [0.25, 0.3) is 0 Å². The quantitative estimate of drug-likeness (QED) is 0.850. The number of halogens is 2. The second-order valence-corrected chi connectivity index (χ2v) is 7.13. The number of anilines is 2. The van der Waals surface area contributed by atoms with Crippen LogP contribution in [-0.2, 0) is 9.59 Å². The summed E-state index contributed by atoms with van der Waals surface area (Å²) in [5.41, 5.74) is 3.25. The van der Waals surface area contributed by atoms with Gasteiger partial charge in [-0.05, 0) is 49.2 Å². The summed E-state index contributed by atoms with van der Waals surface area (Å²) >= 11 is 12.1. The molecule has 2 aromatic rings. The van der Waals surface area contributed by atoms with Crippen LogP contribution in [0.2, 0.25) is 10.0 Å². The van der Waals surface area contributed by atoms with Crippen LogP contribution in [0.1, 0.15) is 17.5 Å². The average Bonchev–Trinajstić information content (AvgIpc) is 2.95. The highest BCUT2D eigenvalue weighted by Crippen LogP contribution is 2.30. The Morgan fingerprint density at radius 2 is 1.84 bits per heavy atom. The third kappa shape index (κ3) is 3.80. The lowest BCUT2D eigenvalue weighted by Crippen LogP contribution is -2.28.